The number of anilines is 1. The predicted molar refractivity (Wildman–Crippen MR) is 101 cm³/mol. The molecule has 1 aromatic carbocycles. The fraction of sp³-hybridized carbons (Fsp3) is 0.316. The topological polar surface area (TPSA) is 79.4 Å². The summed E-state index contributed by atoms with van der Waals surface area (Å²) < 4.78 is 46.9. The highest BCUT2D eigenvalue weighted by molar-refractivity contribution is 5.89. The molecule has 1 aliphatic heterocycles. The van der Waals surface area contributed by atoms with Gasteiger partial charge in [-0.1, -0.05) is 0 Å². The largest absolute Gasteiger partial charge is 0.468 e. The van der Waals surface area contributed by atoms with E-state index in [0.717, 1.165) is 22.8 Å². The van der Waals surface area contributed by atoms with Crippen LogP contribution in [0.15, 0.2) is 53.7 Å². The van der Waals surface area contributed by atoms with E-state index in [2.05, 4.69) is 20.3 Å². The maximum absolute atomic E-state index is 13.5. The van der Waals surface area contributed by atoms with Crippen LogP contribution in [0.25, 0.3) is 5.69 Å². The maximum atomic E-state index is 13.5. The van der Waals surface area contributed by atoms with Crippen molar-refractivity contribution in [1.29, 1.82) is 0 Å². The van der Waals surface area contributed by atoms with E-state index in [-0.39, 0.29) is 11.4 Å². The summed E-state index contributed by atoms with van der Waals surface area (Å²) in [6.07, 6.45) is -0.658. The molecule has 4 rings (SSSR count). The molecule has 2 amide bonds. The lowest BCUT2D eigenvalue weighted by Gasteiger charge is -2.34. The highest BCUT2D eigenvalue weighted by Gasteiger charge is 2.35. The van der Waals surface area contributed by atoms with Gasteiger partial charge in [-0.15, -0.1) is 0 Å². The number of urea groups is 1. The van der Waals surface area contributed by atoms with Crippen LogP contribution < -0.4 is 5.32 Å². The Labute approximate surface area is 169 Å². The normalized spacial score (nSPS) is 15.4. The van der Waals surface area contributed by atoms with Gasteiger partial charge < -0.3 is 14.6 Å². The Hall–Kier alpha value is -3.34. The van der Waals surface area contributed by atoms with Crippen molar-refractivity contribution in [3.63, 3.8) is 0 Å². The van der Waals surface area contributed by atoms with Gasteiger partial charge in [-0.25, -0.2) is 14.5 Å². The Morgan fingerprint density at radius 3 is 2.60 bits per heavy atom. The van der Waals surface area contributed by atoms with Gasteiger partial charge in [0, 0.05) is 31.9 Å². The van der Waals surface area contributed by atoms with E-state index in [1.807, 2.05) is 12.1 Å². The molecule has 0 spiro atoms. The summed E-state index contributed by atoms with van der Waals surface area (Å²) in [4.78, 5) is 19.9. The molecule has 0 aliphatic carbocycles. The van der Waals surface area contributed by atoms with Crippen LogP contribution in [0.2, 0.25) is 0 Å². The average molecular weight is 420 g/mol. The molecule has 0 radical (unpaired) electrons. The van der Waals surface area contributed by atoms with Gasteiger partial charge in [0.1, 0.15) is 18.4 Å². The third-order valence-electron chi connectivity index (χ3n) is 4.84. The summed E-state index contributed by atoms with van der Waals surface area (Å²) in [7, 11) is 0. The number of rotatable bonds is 4. The van der Waals surface area contributed by atoms with Crippen LogP contribution >= 0.6 is 0 Å². The lowest BCUT2D eigenvalue weighted by atomic mass is 10.1. The first-order chi connectivity index (χ1) is 14.4. The second-order valence-electron chi connectivity index (χ2n) is 6.84. The van der Waals surface area contributed by atoms with Crippen LogP contribution in [-0.2, 0) is 12.7 Å². The first-order valence-corrected chi connectivity index (χ1v) is 9.27. The summed E-state index contributed by atoms with van der Waals surface area (Å²) in [5.41, 5.74) is -1.01. The SMILES string of the molecule is O=C(Nc1ccc(-n2cncn2)c(C(F)(F)F)c1)N1CCN(Cc2ccco2)CC1. The third kappa shape index (κ3) is 4.46. The number of carbonyl (C=O) groups is 1. The lowest BCUT2D eigenvalue weighted by molar-refractivity contribution is -0.137. The Kier molecular flexibility index (Phi) is 5.44. The molecule has 158 valence electrons. The molecule has 0 unspecified atom stereocenters. The molecule has 1 fully saturated rings. The molecule has 0 saturated carbocycles. The molecule has 3 aromatic rings. The van der Waals surface area contributed by atoms with Crippen molar-refractivity contribution in [2.24, 2.45) is 0 Å². The lowest BCUT2D eigenvalue weighted by Crippen LogP contribution is -2.49. The van der Waals surface area contributed by atoms with Crippen LogP contribution in [0.4, 0.5) is 23.7 Å². The number of carbonyl (C=O) groups excluding carboxylic acids is 1. The number of hydrogen-bond acceptors (Lipinski definition) is 5. The highest BCUT2D eigenvalue weighted by atomic mass is 19.4. The van der Waals surface area contributed by atoms with E-state index < -0.39 is 17.8 Å². The van der Waals surface area contributed by atoms with Crippen LogP contribution in [-0.4, -0.2) is 56.8 Å². The zero-order chi connectivity index (χ0) is 21.1. The number of alkyl halides is 3. The van der Waals surface area contributed by atoms with Gasteiger partial charge in [-0.2, -0.15) is 18.3 Å². The van der Waals surface area contributed by atoms with Crippen LogP contribution in [0, 0.1) is 0 Å². The smallest absolute Gasteiger partial charge is 0.418 e. The Bertz CT molecular complexity index is 980. The number of furan rings is 1. The molecule has 1 aliphatic rings. The van der Waals surface area contributed by atoms with Crippen LogP contribution in [0.5, 0.6) is 0 Å². The van der Waals surface area contributed by atoms with Gasteiger partial charge in [0.2, 0.25) is 0 Å². The quantitative estimate of drug-likeness (QED) is 0.701. The Morgan fingerprint density at radius 1 is 1.17 bits per heavy atom. The summed E-state index contributed by atoms with van der Waals surface area (Å²) in [6, 6.07) is 6.85. The zero-order valence-corrected chi connectivity index (χ0v) is 15.8. The molecular weight excluding hydrogens is 401 g/mol. The van der Waals surface area contributed by atoms with Crippen LogP contribution in [0.1, 0.15) is 11.3 Å². The van der Waals surface area contributed by atoms with Crippen molar-refractivity contribution < 1.29 is 22.4 Å². The molecule has 8 nitrogen and oxygen atoms in total. The minimum atomic E-state index is -4.61. The summed E-state index contributed by atoms with van der Waals surface area (Å²) in [5.74, 6) is 0.847. The molecule has 0 atom stereocenters. The van der Waals surface area contributed by atoms with E-state index in [1.165, 1.54) is 18.5 Å². The van der Waals surface area contributed by atoms with Gasteiger partial charge in [0.25, 0.3) is 0 Å². The Balaban J connectivity index is 1.41. The molecule has 30 heavy (non-hydrogen) atoms. The maximum Gasteiger partial charge on any atom is 0.418 e. The van der Waals surface area contributed by atoms with Gasteiger partial charge in [-0.05, 0) is 30.3 Å². The van der Waals surface area contributed by atoms with Crippen molar-refractivity contribution in [2.45, 2.75) is 12.7 Å². The zero-order valence-electron chi connectivity index (χ0n) is 15.8. The van der Waals surface area contributed by atoms with Crippen molar-refractivity contribution in [1.82, 2.24) is 24.6 Å². The molecule has 11 heteroatoms. The summed E-state index contributed by atoms with van der Waals surface area (Å²) in [6.45, 7) is 2.88. The summed E-state index contributed by atoms with van der Waals surface area (Å²) >= 11 is 0. The van der Waals surface area contributed by atoms with E-state index >= 15 is 0 Å². The number of benzene rings is 1. The number of halogens is 3. The third-order valence-corrected chi connectivity index (χ3v) is 4.84. The van der Waals surface area contributed by atoms with Gasteiger partial charge in [0.15, 0.2) is 0 Å². The number of aromatic nitrogens is 3. The second kappa shape index (κ2) is 8.19. The molecule has 1 saturated heterocycles. The first kappa shape index (κ1) is 20.0. The number of nitrogens with zero attached hydrogens (tertiary/aromatic N) is 5. The van der Waals surface area contributed by atoms with Gasteiger partial charge in [0.05, 0.1) is 24.1 Å². The number of amides is 2. The predicted octanol–water partition coefficient (Wildman–Crippen LogP) is 3.23. The van der Waals surface area contributed by atoms with Crippen LogP contribution in [0.3, 0.4) is 0 Å². The molecule has 0 bridgehead atoms. The molecule has 2 aromatic heterocycles. The van der Waals surface area contributed by atoms with E-state index in [9.17, 15) is 18.0 Å². The van der Waals surface area contributed by atoms with E-state index in [0.29, 0.717) is 32.7 Å². The standard InChI is InChI=1S/C19H19F3N6O2/c20-19(21,22)16-10-14(3-4-17(16)28-13-23-12-24-28)25-18(29)27-7-5-26(6-8-27)11-15-2-1-9-30-15/h1-4,9-10,12-13H,5-8,11H2,(H,25,29). The number of piperazine rings is 1. The monoisotopic (exact) mass is 420 g/mol. The van der Waals surface area contributed by atoms with Crippen molar-refractivity contribution in [3.05, 3.63) is 60.6 Å². The van der Waals surface area contributed by atoms with Crippen molar-refractivity contribution >= 4 is 11.7 Å². The molecule has 1 N–H and O–H groups in total. The Morgan fingerprint density at radius 2 is 1.97 bits per heavy atom. The molecule has 3 heterocycles. The number of nitrogens with one attached hydrogen (secondary N) is 1. The van der Waals surface area contributed by atoms with Crippen molar-refractivity contribution in [3.8, 4) is 5.69 Å². The van der Waals surface area contributed by atoms with Gasteiger partial charge >= 0.3 is 12.2 Å². The highest BCUT2D eigenvalue weighted by Crippen LogP contribution is 2.35. The minimum Gasteiger partial charge on any atom is -0.468 e. The first-order valence-electron chi connectivity index (χ1n) is 9.27. The fourth-order valence-corrected chi connectivity index (χ4v) is 3.31. The average Bonchev–Trinajstić information content (AvgIpc) is 3.42. The molecular formula is C19H19F3N6O2. The van der Waals surface area contributed by atoms with Crippen molar-refractivity contribution in [2.75, 3.05) is 31.5 Å². The summed E-state index contributed by atoms with van der Waals surface area (Å²) in [5, 5.41) is 6.32. The minimum absolute atomic E-state index is 0.0641. The van der Waals surface area contributed by atoms with E-state index in [4.69, 9.17) is 4.42 Å². The van der Waals surface area contributed by atoms with E-state index in [1.54, 1.807) is 11.2 Å². The fourth-order valence-electron chi connectivity index (χ4n) is 3.31. The second-order valence-corrected chi connectivity index (χ2v) is 6.84. The van der Waals surface area contributed by atoms with Gasteiger partial charge in [-0.3, -0.25) is 4.90 Å². The number of hydrogen-bond donors (Lipinski definition) is 1.